The van der Waals surface area contributed by atoms with Gasteiger partial charge in [0, 0.05) is 0 Å². The zero-order chi connectivity index (χ0) is 8.81. The van der Waals surface area contributed by atoms with Gasteiger partial charge in [0.25, 0.3) is 0 Å². The summed E-state index contributed by atoms with van der Waals surface area (Å²) in [5, 5.41) is 2.38. The first-order valence-electron chi connectivity index (χ1n) is 4.69. The van der Waals surface area contributed by atoms with Gasteiger partial charge in [0.15, 0.2) is 6.61 Å². The third-order valence-corrected chi connectivity index (χ3v) is 1.97. The van der Waals surface area contributed by atoms with E-state index in [0.29, 0.717) is 11.6 Å². The molecule has 0 aliphatic carbocycles. The molecular weight excluding hydrogens is 156 g/mol. The Labute approximate surface area is 73.0 Å². The third-order valence-electron chi connectivity index (χ3n) is 1.97. The largest absolute Gasteiger partial charge is 0.359 e. The molecule has 0 atom stereocenters. The monoisotopic (exact) mass is 173 g/mol. The van der Waals surface area contributed by atoms with Crippen molar-refractivity contribution >= 4 is 0 Å². The van der Waals surface area contributed by atoms with E-state index in [0.717, 1.165) is 32.4 Å². The number of piperidine rings is 1. The van der Waals surface area contributed by atoms with Gasteiger partial charge in [0.2, 0.25) is 0 Å². The second-order valence-electron chi connectivity index (χ2n) is 3.09. The molecule has 1 aliphatic rings. The fraction of sp³-hybridized carbons (Fsp3) is 1.00. The molecule has 0 saturated carbocycles. The average Bonchev–Trinajstić information content (AvgIpc) is 2.15. The first-order valence-corrected chi connectivity index (χ1v) is 4.69. The Bertz CT molecular complexity index is 144. The van der Waals surface area contributed by atoms with Crippen LogP contribution in [0.15, 0.2) is 0 Å². The van der Waals surface area contributed by atoms with Crippen LogP contribution in [0.2, 0.25) is 0 Å². The molecule has 0 bridgehead atoms. The molecule has 4 nitrogen and oxygen atoms in total. The Kier molecular flexibility index (Phi) is 3.84. The molecule has 1 saturated heterocycles. The Balaban J connectivity index is 2.20. The normalized spacial score (nSPS) is 17.6. The maximum Gasteiger partial charge on any atom is 0.359 e. The van der Waals surface area contributed by atoms with Crippen molar-refractivity contribution in [1.29, 1.82) is 0 Å². The SMILES string of the molecule is CCCO[N+](=O)N1CCCCC1. The molecule has 4 heteroatoms. The minimum absolute atomic E-state index is 0.514. The maximum atomic E-state index is 11.2. The van der Waals surface area contributed by atoms with Crippen molar-refractivity contribution in [2.75, 3.05) is 19.7 Å². The van der Waals surface area contributed by atoms with Gasteiger partial charge in [0.1, 0.15) is 4.91 Å². The van der Waals surface area contributed by atoms with Crippen molar-refractivity contribution in [2.45, 2.75) is 32.6 Å². The summed E-state index contributed by atoms with van der Waals surface area (Å²) in [6.45, 7) is 4.18. The topological polar surface area (TPSA) is 32.6 Å². The number of hydrazine groups is 1. The van der Waals surface area contributed by atoms with Crippen molar-refractivity contribution in [2.24, 2.45) is 0 Å². The smallest absolute Gasteiger partial charge is 0.205 e. The summed E-state index contributed by atoms with van der Waals surface area (Å²) < 4.78 is 0. The molecular formula is C8H17N2O2+. The van der Waals surface area contributed by atoms with Gasteiger partial charge >= 0.3 is 5.03 Å². The van der Waals surface area contributed by atoms with Crippen LogP contribution >= 0.6 is 0 Å². The minimum Gasteiger partial charge on any atom is -0.205 e. The molecule has 1 heterocycles. The average molecular weight is 173 g/mol. The molecule has 0 aromatic carbocycles. The molecule has 1 fully saturated rings. The molecule has 0 aromatic rings. The van der Waals surface area contributed by atoms with Crippen LogP contribution in [-0.4, -0.2) is 29.7 Å². The molecule has 0 aromatic heterocycles. The summed E-state index contributed by atoms with van der Waals surface area (Å²) >= 11 is 0. The Morgan fingerprint density at radius 2 is 2.00 bits per heavy atom. The van der Waals surface area contributed by atoms with Crippen molar-refractivity contribution < 1.29 is 9.87 Å². The van der Waals surface area contributed by atoms with E-state index in [1.165, 1.54) is 6.42 Å². The summed E-state index contributed by atoms with van der Waals surface area (Å²) in [5.41, 5.74) is 0. The predicted octanol–water partition coefficient (Wildman–Crippen LogP) is 1.51. The predicted molar refractivity (Wildman–Crippen MR) is 45.3 cm³/mol. The molecule has 0 unspecified atom stereocenters. The lowest BCUT2D eigenvalue weighted by molar-refractivity contribution is -0.911. The third kappa shape index (κ3) is 2.68. The van der Waals surface area contributed by atoms with Crippen molar-refractivity contribution in [3.8, 4) is 0 Å². The lowest BCUT2D eigenvalue weighted by Gasteiger charge is -2.16. The van der Waals surface area contributed by atoms with Crippen molar-refractivity contribution in [1.82, 2.24) is 5.01 Å². The summed E-state index contributed by atoms with van der Waals surface area (Å²) in [6, 6.07) is 0. The van der Waals surface area contributed by atoms with E-state index in [1.54, 1.807) is 5.01 Å². The van der Waals surface area contributed by atoms with E-state index >= 15 is 0 Å². The van der Waals surface area contributed by atoms with E-state index in [-0.39, 0.29) is 0 Å². The fourth-order valence-electron chi connectivity index (χ4n) is 1.29. The van der Waals surface area contributed by atoms with Crippen LogP contribution in [0.3, 0.4) is 0 Å². The van der Waals surface area contributed by atoms with Crippen LogP contribution in [0.5, 0.6) is 0 Å². The van der Waals surface area contributed by atoms with Gasteiger partial charge < -0.3 is 0 Å². The second kappa shape index (κ2) is 4.95. The van der Waals surface area contributed by atoms with E-state index < -0.39 is 0 Å². The van der Waals surface area contributed by atoms with E-state index in [4.69, 9.17) is 4.84 Å². The zero-order valence-electron chi connectivity index (χ0n) is 7.66. The lowest BCUT2D eigenvalue weighted by Crippen LogP contribution is -2.37. The van der Waals surface area contributed by atoms with E-state index in [2.05, 4.69) is 0 Å². The quantitative estimate of drug-likeness (QED) is 0.604. The first-order chi connectivity index (χ1) is 5.84. The van der Waals surface area contributed by atoms with Crippen LogP contribution < -0.4 is 0 Å². The van der Waals surface area contributed by atoms with Crippen LogP contribution in [0.1, 0.15) is 32.6 Å². The van der Waals surface area contributed by atoms with Crippen molar-refractivity contribution in [3.05, 3.63) is 4.91 Å². The van der Waals surface area contributed by atoms with Gasteiger partial charge in [-0.3, -0.25) is 0 Å². The van der Waals surface area contributed by atoms with Crippen LogP contribution in [-0.2, 0) is 4.84 Å². The van der Waals surface area contributed by atoms with Gasteiger partial charge in [-0.15, -0.1) is 0 Å². The Morgan fingerprint density at radius 1 is 1.33 bits per heavy atom. The highest BCUT2D eigenvalue weighted by Crippen LogP contribution is 2.08. The fourth-order valence-corrected chi connectivity index (χ4v) is 1.29. The molecule has 12 heavy (non-hydrogen) atoms. The zero-order valence-corrected chi connectivity index (χ0v) is 7.66. The molecule has 70 valence electrons. The summed E-state index contributed by atoms with van der Waals surface area (Å²) in [5.74, 6) is 0. The van der Waals surface area contributed by atoms with E-state index in [1.807, 2.05) is 6.92 Å². The Hall–Kier alpha value is -0.800. The summed E-state index contributed by atoms with van der Waals surface area (Å²) in [7, 11) is 0. The standard InChI is InChI=1S/C8H17N2O2/c1-2-8-12-10(11)9-6-4-3-5-7-9/h2-8H2,1H3/q+1. The number of hydrogen-bond acceptors (Lipinski definition) is 2. The number of nitrogens with zero attached hydrogens (tertiary/aromatic N) is 2. The number of hydrogen-bond donors (Lipinski definition) is 0. The van der Waals surface area contributed by atoms with E-state index in [9.17, 15) is 4.91 Å². The summed E-state index contributed by atoms with van der Waals surface area (Å²) in [4.78, 5) is 16.1. The highest BCUT2D eigenvalue weighted by molar-refractivity contribution is 4.54. The molecule has 1 rings (SSSR count). The molecule has 0 amide bonds. The molecule has 1 aliphatic heterocycles. The maximum absolute atomic E-state index is 11.2. The van der Waals surface area contributed by atoms with Crippen LogP contribution in [0.25, 0.3) is 0 Å². The highest BCUT2D eigenvalue weighted by atomic mass is 16.8. The van der Waals surface area contributed by atoms with Crippen LogP contribution in [0.4, 0.5) is 0 Å². The van der Waals surface area contributed by atoms with Gasteiger partial charge in [-0.05, 0) is 25.7 Å². The van der Waals surface area contributed by atoms with Gasteiger partial charge in [-0.2, -0.15) is 0 Å². The minimum atomic E-state index is 0.514. The molecule has 0 radical (unpaired) electrons. The van der Waals surface area contributed by atoms with Gasteiger partial charge in [0.05, 0.1) is 13.1 Å². The summed E-state index contributed by atoms with van der Waals surface area (Å²) in [6.07, 6.45) is 4.33. The Morgan fingerprint density at radius 3 is 2.58 bits per heavy atom. The molecule has 0 N–H and O–H groups in total. The van der Waals surface area contributed by atoms with Gasteiger partial charge in [-0.25, -0.2) is 4.84 Å². The molecule has 0 spiro atoms. The second-order valence-corrected chi connectivity index (χ2v) is 3.09. The first kappa shape index (κ1) is 9.29. The highest BCUT2D eigenvalue weighted by Gasteiger charge is 2.24. The van der Waals surface area contributed by atoms with Crippen molar-refractivity contribution in [3.63, 3.8) is 0 Å². The number of rotatable bonds is 4. The lowest BCUT2D eigenvalue weighted by atomic mass is 10.2. The van der Waals surface area contributed by atoms with Gasteiger partial charge in [-0.1, -0.05) is 11.9 Å². The van der Waals surface area contributed by atoms with Crippen LogP contribution in [0, 0.1) is 4.91 Å².